The minimum Gasteiger partial charge on any atom is -0.491 e. The van der Waals surface area contributed by atoms with E-state index in [4.69, 9.17) is 4.74 Å². The predicted molar refractivity (Wildman–Crippen MR) is 130 cm³/mol. The maximum absolute atomic E-state index is 13.6. The molecule has 0 saturated carbocycles. The van der Waals surface area contributed by atoms with Crippen molar-refractivity contribution in [1.82, 2.24) is 19.9 Å². The van der Waals surface area contributed by atoms with Crippen LogP contribution in [0.2, 0.25) is 0 Å². The highest BCUT2D eigenvalue weighted by atomic mass is 32.1. The Labute approximate surface area is 196 Å². The summed E-state index contributed by atoms with van der Waals surface area (Å²) in [7, 11) is 2.02. The molecule has 0 N–H and O–H groups in total. The molecule has 33 heavy (non-hydrogen) atoms. The summed E-state index contributed by atoms with van der Waals surface area (Å²) in [5, 5.41) is 0.945. The molecule has 0 radical (unpaired) electrons. The average Bonchev–Trinajstić information content (AvgIpc) is 3.04. The molecule has 0 bridgehead atoms. The normalized spacial score (nSPS) is 13.3. The van der Waals surface area contributed by atoms with E-state index in [1.165, 1.54) is 11.3 Å². The number of nitrogens with zero attached hydrogens (tertiary/aromatic N) is 5. The van der Waals surface area contributed by atoms with Crippen molar-refractivity contribution in [2.75, 3.05) is 31.6 Å². The molecule has 1 aliphatic rings. The fraction of sp³-hybridized carbons (Fsp3) is 0.280. The maximum Gasteiger partial charge on any atom is 0.264 e. The van der Waals surface area contributed by atoms with Gasteiger partial charge < -0.3 is 14.5 Å². The Morgan fingerprint density at radius 2 is 2.00 bits per heavy atom. The van der Waals surface area contributed by atoms with E-state index in [1.54, 1.807) is 6.33 Å². The van der Waals surface area contributed by atoms with Gasteiger partial charge >= 0.3 is 0 Å². The summed E-state index contributed by atoms with van der Waals surface area (Å²) in [6.45, 7) is 4.32. The van der Waals surface area contributed by atoms with Gasteiger partial charge in [-0.2, -0.15) is 0 Å². The van der Waals surface area contributed by atoms with Crippen molar-refractivity contribution in [1.29, 1.82) is 0 Å². The van der Waals surface area contributed by atoms with Crippen LogP contribution in [0.3, 0.4) is 0 Å². The van der Waals surface area contributed by atoms with Crippen LogP contribution in [0, 0.1) is 6.92 Å². The molecule has 8 heteroatoms. The summed E-state index contributed by atoms with van der Waals surface area (Å²) in [6.07, 6.45) is 4.20. The molecule has 5 rings (SSSR count). The van der Waals surface area contributed by atoms with Crippen molar-refractivity contribution in [2.24, 2.45) is 0 Å². The van der Waals surface area contributed by atoms with E-state index < -0.39 is 0 Å². The second-order valence-electron chi connectivity index (χ2n) is 8.11. The van der Waals surface area contributed by atoms with Crippen LogP contribution in [-0.4, -0.2) is 52.5 Å². The maximum atomic E-state index is 13.6. The van der Waals surface area contributed by atoms with Gasteiger partial charge in [0.2, 0.25) is 0 Å². The summed E-state index contributed by atoms with van der Waals surface area (Å²) < 4.78 is 5.84. The third-order valence-electron chi connectivity index (χ3n) is 5.93. The molecular weight excluding hydrogens is 434 g/mol. The highest BCUT2D eigenvalue weighted by Crippen LogP contribution is 2.36. The van der Waals surface area contributed by atoms with Crippen LogP contribution in [0.25, 0.3) is 10.2 Å². The molecule has 0 unspecified atom stereocenters. The second-order valence-corrected chi connectivity index (χ2v) is 9.11. The third kappa shape index (κ3) is 4.26. The van der Waals surface area contributed by atoms with Crippen molar-refractivity contribution in [3.8, 4) is 5.75 Å². The molecule has 0 fully saturated rings. The molecule has 168 valence electrons. The van der Waals surface area contributed by atoms with Gasteiger partial charge in [0.05, 0.1) is 16.8 Å². The molecular formula is C25H25N5O2S. The van der Waals surface area contributed by atoms with Crippen molar-refractivity contribution in [3.63, 3.8) is 0 Å². The van der Waals surface area contributed by atoms with Crippen LogP contribution in [0.15, 0.2) is 55.0 Å². The monoisotopic (exact) mass is 459 g/mol. The number of rotatable bonds is 5. The van der Waals surface area contributed by atoms with Gasteiger partial charge in [0, 0.05) is 44.0 Å². The number of aromatic nitrogens is 3. The lowest BCUT2D eigenvalue weighted by Gasteiger charge is -2.20. The minimum absolute atomic E-state index is 0.0119. The van der Waals surface area contributed by atoms with Crippen LogP contribution < -0.4 is 9.64 Å². The number of para-hydroxylation sites is 1. The lowest BCUT2D eigenvalue weighted by molar-refractivity contribution is 0.0737. The van der Waals surface area contributed by atoms with E-state index in [1.807, 2.05) is 67.5 Å². The first kappa shape index (κ1) is 21.3. The zero-order valence-electron chi connectivity index (χ0n) is 18.7. The second kappa shape index (κ2) is 9.15. The van der Waals surface area contributed by atoms with E-state index in [0.717, 1.165) is 51.6 Å². The molecule has 3 aromatic heterocycles. The first-order valence-electron chi connectivity index (χ1n) is 11.0. The van der Waals surface area contributed by atoms with Crippen molar-refractivity contribution >= 4 is 33.3 Å². The first-order chi connectivity index (χ1) is 16.1. The standard InChI is InChI=1S/C25H25N5O2S/c1-17-21-23(29(2)12-10-19-8-5-6-11-26-19)27-16-28-24(21)33-22(17)25(31)30-13-14-32-20-9-4-3-7-18(20)15-30/h3-9,11,16H,10,12-15H2,1-2H3. The number of benzene rings is 1. The Hall–Kier alpha value is -3.52. The Balaban J connectivity index is 1.42. The van der Waals surface area contributed by atoms with Crippen LogP contribution in [0.1, 0.15) is 26.5 Å². The Kier molecular flexibility index (Phi) is 5.92. The minimum atomic E-state index is 0.0119. The van der Waals surface area contributed by atoms with Crippen LogP contribution in [-0.2, 0) is 13.0 Å². The SMILES string of the molecule is Cc1c(C(=O)N2CCOc3ccccc3C2)sc2ncnc(N(C)CCc3ccccn3)c12. The number of aryl methyl sites for hydroxylation is 1. The smallest absolute Gasteiger partial charge is 0.264 e. The average molecular weight is 460 g/mol. The van der Waals surface area contributed by atoms with Crippen LogP contribution in [0.4, 0.5) is 5.82 Å². The predicted octanol–water partition coefficient (Wildman–Crippen LogP) is 4.11. The molecule has 4 heterocycles. The highest BCUT2D eigenvalue weighted by Gasteiger charge is 2.26. The van der Waals surface area contributed by atoms with Crippen LogP contribution in [0.5, 0.6) is 5.75 Å². The lowest BCUT2D eigenvalue weighted by Crippen LogP contribution is -2.32. The number of hydrogen-bond donors (Lipinski definition) is 0. The fourth-order valence-electron chi connectivity index (χ4n) is 4.12. The Bertz CT molecular complexity index is 1290. The number of amides is 1. The van der Waals surface area contributed by atoms with Gasteiger partial charge in [-0.15, -0.1) is 11.3 Å². The van der Waals surface area contributed by atoms with Crippen molar-refractivity contribution in [3.05, 3.63) is 76.7 Å². The number of likely N-dealkylation sites (N-methyl/N-ethyl adjacent to an activating group) is 1. The summed E-state index contributed by atoms with van der Waals surface area (Å²) >= 11 is 1.44. The van der Waals surface area contributed by atoms with Crippen molar-refractivity contribution < 1.29 is 9.53 Å². The van der Waals surface area contributed by atoms with Crippen molar-refractivity contribution in [2.45, 2.75) is 19.9 Å². The number of hydrogen-bond acceptors (Lipinski definition) is 7. The summed E-state index contributed by atoms with van der Waals surface area (Å²) in [5.41, 5.74) is 2.99. The zero-order chi connectivity index (χ0) is 22.8. The third-order valence-corrected chi connectivity index (χ3v) is 7.12. The van der Waals surface area contributed by atoms with E-state index in [0.29, 0.717) is 24.6 Å². The molecule has 0 atom stereocenters. The largest absolute Gasteiger partial charge is 0.491 e. The van der Waals surface area contributed by atoms with E-state index in [2.05, 4.69) is 19.9 Å². The number of anilines is 1. The fourth-order valence-corrected chi connectivity index (χ4v) is 5.23. The number of fused-ring (bicyclic) bond motifs is 2. The Morgan fingerprint density at radius 3 is 2.85 bits per heavy atom. The van der Waals surface area contributed by atoms with E-state index >= 15 is 0 Å². The van der Waals surface area contributed by atoms with Gasteiger partial charge in [-0.3, -0.25) is 9.78 Å². The molecule has 0 aliphatic carbocycles. The molecule has 7 nitrogen and oxygen atoms in total. The van der Waals surface area contributed by atoms with Gasteiger partial charge in [0.1, 0.15) is 29.3 Å². The molecule has 1 amide bonds. The molecule has 0 spiro atoms. The number of carbonyl (C=O) groups excluding carboxylic acids is 1. The highest BCUT2D eigenvalue weighted by molar-refractivity contribution is 7.20. The van der Waals surface area contributed by atoms with Gasteiger partial charge in [0.15, 0.2) is 0 Å². The molecule has 1 aromatic carbocycles. The quantitative estimate of drug-likeness (QED) is 0.447. The lowest BCUT2D eigenvalue weighted by atomic mass is 10.1. The number of ether oxygens (including phenoxy) is 1. The number of carbonyl (C=O) groups is 1. The summed E-state index contributed by atoms with van der Waals surface area (Å²) in [5.74, 6) is 1.70. The van der Waals surface area contributed by atoms with Gasteiger partial charge in [-0.1, -0.05) is 24.3 Å². The van der Waals surface area contributed by atoms with Crippen LogP contribution >= 0.6 is 11.3 Å². The topological polar surface area (TPSA) is 71.5 Å². The van der Waals surface area contributed by atoms with Gasteiger partial charge in [-0.25, -0.2) is 9.97 Å². The molecule has 4 aromatic rings. The summed E-state index contributed by atoms with van der Waals surface area (Å²) in [4.78, 5) is 32.5. The number of pyridine rings is 1. The Morgan fingerprint density at radius 1 is 1.15 bits per heavy atom. The molecule has 0 saturated heterocycles. The summed E-state index contributed by atoms with van der Waals surface area (Å²) in [6, 6.07) is 13.8. The first-order valence-corrected chi connectivity index (χ1v) is 11.8. The number of thiophene rings is 1. The van der Waals surface area contributed by atoms with Gasteiger partial charge in [-0.05, 0) is 30.7 Å². The van der Waals surface area contributed by atoms with E-state index in [9.17, 15) is 4.79 Å². The van der Waals surface area contributed by atoms with Gasteiger partial charge in [0.25, 0.3) is 5.91 Å². The molecule has 1 aliphatic heterocycles. The van der Waals surface area contributed by atoms with E-state index in [-0.39, 0.29) is 5.91 Å². The zero-order valence-corrected chi connectivity index (χ0v) is 19.5.